The Morgan fingerprint density at radius 1 is 1.33 bits per heavy atom. The number of nitrogens with one attached hydrogen (secondary N) is 1. The van der Waals surface area contributed by atoms with Gasteiger partial charge >= 0.3 is 0 Å². The highest BCUT2D eigenvalue weighted by atomic mass is 16.7. The number of rotatable bonds is 2. The predicted octanol–water partition coefficient (Wildman–Crippen LogP) is 0.292. The molecule has 0 spiro atoms. The van der Waals surface area contributed by atoms with Gasteiger partial charge in [-0.15, -0.1) is 0 Å². The van der Waals surface area contributed by atoms with Crippen molar-refractivity contribution in [3.63, 3.8) is 0 Å². The van der Waals surface area contributed by atoms with Crippen LogP contribution in [-0.2, 0) is 9.59 Å². The van der Waals surface area contributed by atoms with Crippen LogP contribution in [0.4, 0.5) is 0 Å². The molecule has 1 fully saturated rings. The number of hydrogen-bond acceptors (Lipinski definition) is 5. The molecular formula is C14H14N2O5. The molecule has 1 aromatic carbocycles. The highest BCUT2D eigenvalue weighted by Gasteiger charge is 2.36. The molecule has 1 atom stereocenters. The Hall–Kier alpha value is -2.57. The Balaban J connectivity index is 1.89. The van der Waals surface area contributed by atoms with E-state index in [9.17, 15) is 14.4 Å². The van der Waals surface area contributed by atoms with E-state index in [0.717, 1.165) is 0 Å². The average molecular weight is 290 g/mol. The lowest BCUT2D eigenvalue weighted by Crippen LogP contribution is -2.59. The Bertz CT molecular complexity index is 628. The van der Waals surface area contributed by atoms with Crippen molar-refractivity contribution in [2.45, 2.75) is 19.4 Å². The van der Waals surface area contributed by atoms with Crippen LogP contribution in [0.15, 0.2) is 18.2 Å². The zero-order valence-electron chi connectivity index (χ0n) is 11.4. The summed E-state index contributed by atoms with van der Waals surface area (Å²) in [4.78, 5) is 37.1. The third-order valence-electron chi connectivity index (χ3n) is 3.52. The van der Waals surface area contributed by atoms with Gasteiger partial charge in [0.15, 0.2) is 11.5 Å². The SMILES string of the molecule is CCC1C(=O)NC(=O)CN1C(=O)c1ccc2c(c1)OCO2. The van der Waals surface area contributed by atoms with Crippen molar-refractivity contribution in [1.29, 1.82) is 0 Å². The van der Waals surface area contributed by atoms with E-state index in [4.69, 9.17) is 9.47 Å². The summed E-state index contributed by atoms with van der Waals surface area (Å²) >= 11 is 0. The maximum Gasteiger partial charge on any atom is 0.255 e. The Morgan fingerprint density at radius 2 is 2.10 bits per heavy atom. The van der Waals surface area contributed by atoms with Gasteiger partial charge in [-0.3, -0.25) is 19.7 Å². The highest BCUT2D eigenvalue weighted by molar-refractivity contribution is 6.07. The third-order valence-corrected chi connectivity index (χ3v) is 3.52. The Labute approximate surface area is 120 Å². The summed E-state index contributed by atoms with van der Waals surface area (Å²) < 4.78 is 10.4. The summed E-state index contributed by atoms with van der Waals surface area (Å²) in [6, 6.07) is 4.16. The lowest BCUT2D eigenvalue weighted by molar-refractivity contribution is -0.138. The van der Waals surface area contributed by atoms with E-state index in [1.807, 2.05) is 0 Å². The molecule has 7 nitrogen and oxygen atoms in total. The number of carbonyl (C=O) groups excluding carboxylic acids is 3. The third kappa shape index (κ3) is 2.31. The molecule has 7 heteroatoms. The van der Waals surface area contributed by atoms with Crippen LogP contribution in [-0.4, -0.2) is 42.0 Å². The van der Waals surface area contributed by atoms with Crippen LogP contribution in [0.2, 0.25) is 0 Å². The summed E-state index contributed by atoms with van der Waals surface area (Å²) in [7, 11) is 0. The van der Waals surface area contributed by atoms with Crippen molar-refractivity contribution in [2.75, 3.05) is 13.3 Å². The normalized spacial score (nSPS) is 20.4. The second-order valence-corrected chi connectivity index (χ2v) is 4.84. The van der Waals surface area contributed by atoms with Crippen LogP contribution in [0.1, 0.15) is 23.7 Å². The predicted molar refractivity (Wildman–Crippen MR) is 70.8 cm³/mol. The molecule has 3 rings (SSSR count). The van der Waals surface area contributed by atoms with Gasteiger partial charge < -0.3 is 14.4 Å². The van der Waals surface area contributed by atoms with E-state index < -0.39 is 17.9 Å². The Morgan fingerprint density at radius 3 is 2.86 bits per heavy atom. The average Bonchev–Trinajstić information content (AvgIpc) is 2.93. The second-order valence-electron chi connectivity index (χ2n) is 4.84. The zero-order valence-corrected chi connectivity index (χ0v) is 11.4. The van der Waals surface area contributed by atoms with Crippen LogP contribution < -0.4 is 14.8 Å². The molecule has 0 aromatic heterocycles. The van der Waals surface area contributed by atoms with E-state index in [2.05, 4.69) is 5.32 Å². The molecule has 1 N–H and O–H groups in total. The van der Waals surface area contributed by atoms with Gasteiger partial charge in [-0.25, -0.2) is 0 Å². The molecule has 0 radical (unpaired) electrons. The van der Waals surface area contributed by atoms with Crippen LogP contribution >= 0.6 is 0 Å². The topological polar surface area (TPSA) is 84.9 Å². The molecule has 2 aliphatic rings. The lowest BCUT2D eigenvalue weighted by atomic mass is 10.1. The number of amides is 3. The fraction of sp³-hybridized carbons (Fsp3) is 0.357. The standard InChI is InChI=1S/C14H14N2O5/c1-2-9-13(18)15-12(17)6-16(9)14(19)8-3-4-10-11(5-8)21-7-20-10/h3-5,9H,2,6-7H2,1H3,(H,15,17,18). The summed E-state index contributed by atoms with van der Waals surface area (Å²) in [5.74, 6) is -0.224. The monoisotopic (exact) mass is 290 g/mol. The van der Waals surface area contributed by atoms with Crippen molar-refractivity contribution in [2.24, 2.45) is 0 Å². The summed E-state index contributed by atoms with van der Waals surface area (Å²) in [6.07, 6.45) is 0.440. The number of fused-ring (bicyclic) bond motifs is 1. The Kier molecular flexibility index (Phi) is 3.25. The summed E-state index contributed by atoms with van der Waals surface area (Å²) in [5.41, 5.74) is 0.361. The van der Waals surface area contributed by atoms with Crippen molar-refractivity contribution in [1.82, 2.24) is 10.2 Å². The van der Waals surface area contributed by atoms with Crippen molar-refractivity contribution < 1.29 is 23.9 Å². The molecule has 0 bridgehead atoms. The van der Waals surface area contributed by atoms with Gasteiger partial charge in [-0.2, -0.15) is 0 Å². The second kappa shape index (κ2) is 5.08. The van der Waals surface area contributed by atoms with Crippen LogP contribution in [0.3, 0.4) is 0 Å². The van der Waals surface area contributed by atoms with E-state index in [0.29, 0.717) is 23.5 Å². The molecule has 3 amide bonds. The molecule has 110 valence electrons. The van der Waals surface area contributed by atoms with Gasteiger partial charge in [0.2, 0.25) is 18.6 Å². The van der Waals surface area contributed by atoms with Crippen LogP contribution in [0.5, 0.6) is 11.5 Å². The minimum Gasteiger partial charge on any atom is -0.454 e. The first-order valence-electron chi connectivity index (χ1n) is 6.64. The fourth-order valence-corrected chi connectivity index (χ4v) is 2.48. The quantitative estimate of drug-likeness (QED) is 0.791. The minimum absolute atomic E-state index is 0.120. The smallest absolute Gasteiger partial charge is 0.255 e. The first kappa shape index (κ1) is 13.4. The van der Waals surface area contributed by atoms with E-state index in [1.54, 1.807) is 25.1 Å². The summed E-state index contributed by atoms with van der Waals surface area (Å²) in [5, 5.41) is 2.24. The number of carbonyl (C=O) groups is 3. The summed E-state index contributed by atoms with van der Waals surface area (Å²) in [6.45, 7) is 1.78. The number of hydrogen-bond donors (Lipinski definition) is 1. The highest BCUT2D eigenvalue weighted by Crippen LogP contribution is 2.33. The van der Waals surface area contributed by atoms with Crippen molar-refractivity contribution >= 4 is 17.7 Å². The van der Waals surface area contributed by atoms with Crippen LogP contribution in [0, 0.1) is 0 Å². The number of imide groups is 1. The molecule has 1 unspecified atom stereocenters. The van der Waals surface area contributed by atoms with Gasteiger partial charge in [0.1, 0.15) is 12.6 Å². The van der Waals surface area contributed by atoms with E-state index in [-0.39, 0.29) is 19.2 Å². The maximum atomic E-state index is 12.6. The fourth-order valence-electron chi connectivity index (χ4n) is 2.48. The lowest BCUT2D eigenvalue weighted by Gasteiger charge is -2.33. The van der Waals surface area contributed by atoms with Gasteiger partial charge in [0.05, 0.1) is 0 Å². The van der Waals surface area contributed by atoms with Gasteiger partial charge in [0, 0.05) is 5.56 Å². The largest absolute Gasteiger partial charge is 0.454 e. The van der Waals surface area contributed by atoms with Gasteiger partial charge in [0.25, 0.3) is 5.91 Å². The molecule has 1 saturated heterocycles. The molecule has 21 heavy (non-hydrogen) atoms. The molecule has 2 aliphatic heterocycles. The number of benzene rings is 1. The number of nitrogens with zero attached hydrogens (tertiary/aromatic N) is 1. The number of ether oxygens (including phenoxy) is 2. The van der Waals surface area contributed by atoms with E-state index in [1.165, 1.54) is 4.90 Å². The van der Waals surface area contributed by atoms with Gasteiger partial charge in [-0.05, 0) is 24.6 Å². The molecule has 0 aliphatic carbocycles. The first-order chi connectivity index (χ1) is 10.1. The molecule has 2 heterocycles. The molecular weight excluding hydrogens is 276 g/mol. The minimum atomic E-state index is -0.638. The van der Waals surface area contributed by atoms with Crippen LogP contribution in [0.25, 0.3) is 0 Å². The molecule has 1 aromatic rings. The van der Waals surface area contributed by atoms with Crippen molar-refractivity contribution in [3.8, 4) is 11.5 Å². The zero-order chi connectivity index (χ0) is 15.0. The van der Waals surface area contributed by atoms with E-state index >= 15 is 0 Å². The first-order valence-corrected chi connectivity index (χ1v) is 6.64. The van der Waals surface area contributed by atoms with Gasteiger partial charge in [-0.1, -0.05) is 6.92 Å². The van der Waals surface area contributed by atoms with Crippen molar-refractivity contribution in [3.05, 3.63) is 23.8 Å². The molecule has 0 saturated carbocycles. The number of piperazine rings is 1. The maximum absolute atomic E-state index is 12.6.